The molecule has 2 aliphatic heterocycles. The SMILES string of the molecule is OCC1C=CN=C2O[C@H](COc3ccc(C4CCCCC4)cc3)CN21. The van der Waals surface area contributed by atoms with Crippen molar-refractivity contribution in [3.63, 3.8) is 0 Å². The van der Waals surface area contributed by atoms with E-state index in [1.807, 2.05) is 11.0 Å². The van der Waals surface area contributed by atoms with Crippen molar-refractivity contribution < 1.29 is 14.6 Å². The minimum absolute atomic E-state index is 0.0488. The molecule has 134 valence electrons. The summed E-state index contributed by atoms with van der Waals surface area (Å²) in [6.45, 7) is 1.24. The van der Waals surface area contributed by atoms with Crippen molar-refractivity contribution in [2.24, 2.45) is 4.99 Å². The van der Waals surface area contributed by atoms with Crippen molar-refractivity contribution in [2.45, 2.75) is 50.2 Å². The second-order valence-corrected chi connectivity index (χ2v) is 7.11. The number of hydrogen-bond donors (Lipinski definition) is 1. The van der Waals surface area contributed by atoms with Crippen LogP contribution in [0.2, 0.25) is 0 Å². The van der Waals surface area contributed by atoms with Gasteiger partial charge in [0, 0.05) is 6.20 Å². The van der Waals surface area contributed by atoms with Crippen molar-refractivity contribution in [1.29, 1.82) is 0 Å². The van der Waals surface area contributed by atoms with Gasteiger partial charge in [-0.1, -0.05) is 31.4 Å². The molecule has 1 aromatic carbocycles. The molecular weight excluding hydrogens is 316 g/mol. The molecule has 3 aliphatic rings. The summed E-state index contributed by atoms with van der Waals surface area (Å²) in [6.07, 6.45) is 10.2. The summed E-state index contributed by atoms with van der Waals surface area (Å²) in [5.41, 5.74) is 1.44. The summed E-state index contributed by atoms with van der Waals surface area (Å²) in [4.78, 5) is 6.22. The average Bonchev–Trinajstić information content (AvgIpc) is 3.10. The number of aliphatic hydroxyl groups is 1. The molecule has 2 fully saturated rings. The maximum Gasteiger partial charge on any atom is 0.293 e. The second-order valence-electron chi connectivity index (χ2n) is 7.11. The van der Waals surface area contributed by atoms with Crippen LogP contribution in [-0.2, 0) is 4.74 Å². The summed E-state index contributed by atoms with van der Waals surface area (Å²) >= 11 is 0. The van der Waals surface area contributed by atoms with Crippen LogP contribution in [0.3, 0.4) is 0 Å². The Bertz CT molecular complexity index is 635. The Balaban J connectivity index is 1.30. The number of aliphatic hydroxyl groups excluding tert-OH is 1. The molecule has 1 N–H and O–H groups in total. The van der Waals surface area contributed by atoms with Gasteiger partial charge in [0.15, 0.2) is 6.10 Å². The quantitative estimate of drug-likeness (QED) is 0.893. The van der Waals surface area contributed by atoms with Gasteiger partial charge in [-0.15, -0.1) is 0 Å². The molecule has 1 aliphatic carbocycles. The Morgan fingerprint density at radius 3 is 2.72 bits per heavy atom. The summed E-state index contributed by atoms with van der Waals surface area (Å²) in [6, 6.07) is 9.10. The van der Waals surface area contributed by atoms with Gasteiger partial charge in [0.25, 0.3) is 6.02 Å². The Morgan fingerprint density at radius 2 is 1.96 bits per heavy atom. The van der Waals surface area contributed by atoms with Gasteiger partial charge in [-0.3, -0.25) is 0 Å². The smallest absolute Gasteiger partial charge is 0.293 e. The van der Waals surface area contributed by atoms with E-state index in [4.69, 9.17) is 9.47 Å². The van der Waals surface area contributed by atoms with E-state index in [0.29, 0.717) is 19.2 Å². The lowest BCUT2D eigenvalue weighted by Gasteiger charge is -2.24. The maximum absolute atomic E-state index is 9.43. The summed E-state index contributed by atoms with van der Waals surface area (Å²) in [5.74, 6) is 1.60. The van der Waals surface area contributed by atoms with E-state index in [2.05, 4.69) is 29.3 Å². The van der Waals surface area contributed by atoms with Gasteiger partial charge in [-0.25, -0.2) is 4.99 Å². The fraction of sp³-hybridized carbons (Fsp3) is 0.550. The lowest BCUT2D eigenvalue weighted by molar-refractivity contribution is 0.144. The van der Waals surface area contributed by atoms with Gasteiger partial charge in [0.2, 0.25) is 0 Å². The molecule has 0 bridgehead atoms. The minimum Gasteiger partial charge on any atom is -0.490 e. The number of hydrogen-bond acceptors (Lipinski definition) is 5. The highest BCUT2D eigenvalue weighted by Gasteiger charge is 2.35. The Labute approximate surface area is 149 Å². The predicted molar refractivity (Wildman–Crippen MR) is 96.8 cm³/mol. The Kier molecular flexibility index (Phi) is 4.92. The van der Waals surface area contributed by atoms with E-state index < -0.39 is 0 Å². The highest BCUT2D eigenvalue weighted by Crippen LogP contribution is 2.33. The molecule has 0 amide bonds. The highest BCUT2D eigenvalue weighted by atomic mass is 16.6. The zero-order valence-corrected chi connectivity index (χ0v) is 14.5. The van der Waals surface area contributed by atoms with Crippen molar-refractivity contribution in [3.8, 4) is 5.75 Å². The third kappa shape index (κ3) is 3.66. The van der Waals surface area contributed by atoms with Gasteiger partial charge in [-0.05, 0) is 42.5 Å². The van der Waals surface area contributed by atoms with Crippen LogP contribution < -0.4 is 4.74 Å². The molecule has 5 heteroatoms. The molecule has 1 aromatic rings. The van der Waals surface area contributed by atoms with Gasteiger partial charge < -0.3 is 19.5 Å². The predicted octanol–water partition coefficient (Wildman–Crippen LogP) is 3.06. The fourth-order valence-electron chi connectivity index (χ4n) is 3.95. The molecule has 4 rings (SSSR count). The van der Waals surface area contributed by atoms with E-state index in [9.17, 15) is 5.11 Å². The Hall–Kier alpha value is -2.01. The minimum atomic E-state index is -0.0641. The zero-order valence-electron chi connectivity index (χ0n) is 14.5. The van der Waals surface area contributed by atoms with Crippen LogP contribution in [0.15, 0.2) is 41.5 Å². The number of ether oxygens (including phenoxy) is 2. The fourth-order valence-corrected chi connectivity index (χ4v) is 3.95. The molecule has 1 saturated carbocycles. The third-order valence-corrected chi connectivity index (χ3v) is 5.39. The van der Waals surface area contributed by atoms with Crippen LogP contribution >= 0.6 is 0 Å². The van der Waals surface area contributed by atoms with Crippen LogP contribution in [0.25, 0.3) is 0 Å². The van der Waals surface area contributed by atoms with Crippen LogP contribution in [-0.4, -0.2) is 47.9 Å². The number of aliphatic imine (C=N–C) groups is 1. The average molecular weight is 342 g/mol. The third-order valence-electron chi connectivity index (χ3n) is 5.39. The summed E-state index contributed by atoms with van der Waals surface area (Å²) < 4.78 is 11.7. The second kappa shape index (κ2) is 7.48. The van der Waals surface area contributed by atoms with E-state index in [1.54, 1.807) is 6.20 Å². The molecule has 1 saturated heterocycles. The van der Waals surface area contributed by atoms with E-state index >= 15 is 0 Å². The largest absolute Gasteiger partial charge is 0.490 e. The van der Waals surface area contributed by atoms with Crippen molar-refractivity contribution in [1.82, 2.24) is 4.90 Å². The molecule has 0 aromatic heterocycles. The van der Waals surface area contributed by atoms with Gasteiger partial charge in [-0.2, -0.15) is 0 Å². The lowest BCUT2D eigenvalue weighted by Crippen LogP contribution is -2.40. The topological polar surface area (TPSA) is 54.3 Å². The van der Waals surface area contributed by atoms with Crippen molar-refractivity contribution >= 4 is 6.02 Å². The van der Waals surface area contributed by atoms with Gasteiger partial charge in [0.1, 0.15) is 12.4 Å². The van der Waals surface area contributed by atoms with Crippen LogP contribution in [0, 0.1) is 0 Å². The van der Waals surface area contributed by atoms with E-state index in [1.165, 1.54) is 37.7 Å². The highest BCUT2D eigenvalue weighted by molar-refractivity contribution is 5.78. The zero-order chi connectivity index (χ0) is 17.1. The van der Waals surface area contributed by atoms with Crippen molar-refractivity contribution in [3.05, 3.63) is 42.1 Å². The van der Waals surface area contributed by atoms with Crippen LogP contribution in [0.5, 0.6) is 5.75 Å². The van der Waals surface area contributed by atoms with Crippen LogP contribution in [0.4, 0.5) is 0 Å². The molecule has 1 unspecified atom stereocenters. The number of fused-ring (bicyclic) bond motifs is 1. The molecule has 0 spiro atoms. The van der Waals surface area contributed by atoms with Gasteiger partial charge in [0.05, 0.1) is 19.2 Å². The number of rotatable bonds is 5. The van der Waals surface area contributed by atoms with Crippen molar-refractivity contribution in [2.75, 3.05) is 19.8 Å². The number of nitrogens with zero attached hydrogens (tertiary/aromatic N) is 2. The molecule has 2 heterocycles. The van der Waals surface area contributed by atoms with Gasteiger partial charge >= 0.3 is 0 Å². The molecular formula is C20H26N2O3. The summed E-state index contributed by atoms with van der Waals surface area (Å²) in [5, 5.41) is 9.43. The first-order valence-electron chi connectivity index (χ1n) is 9.35. The Morgan fingerprint density at radius 1 is 1.16 bits per heavy atom. The maximum atomic E-state index is 9.43. The molecule has 25 heavy (non-hydrogen) atoms. The van der Waals surface area contributed by atoms with E-state index in [-0.39, 0.29) is 18.8 Å². The standard InChI is InChI=1S/C20H26N2O3/c23-13-17-10-11-21-20-22(17)12-19(25-20)14-24-18-8-6-16(7-9-18)15-4-2-1-3-5-15/h6-11,15,17,19,23H,1-5,12-14H2/t17?,19-/m0/s1. The van der Waals surface area contributed by atoms with Crippen LogP contribution in [0.1, 0.15) is 43.6 Å². The number of benzene rings is 1. The first kappa shape index (κ1) is 16.5. The van der Waals surface area contributed by atoms with E-state index in [0.717, 1.165) is 11.7 Å². The first-order valence-corrected chi connectivity index (χ1v) is 9.35. The summed E-state index contributed by atoms with van der Waals surface area (Å²) in [7, 11) is 0. The lowest BCUT2D eigenvalue weighted by atomic mass is 9.84. The molecule has 2 atom stereocenters. The number of amidine groups is 1. The monoisotopic (exact) mass is 342 g/mol. The molecule has 5 nitrogen and oxygen atoms in total. The molecule has 0 radical (unpaired) electrons. The first-order chi connectivity index (χ1) is 12.3. The normalized spacial score (nSPS) is 26.1.